The molecule has 0 saturated carbocycles. The number of fused-ring (bicyclic) bond motifs is 2. The number of nitrogens with one attached hydrogen (secondary N) is 3. The molecule has 3 aromatic heterocycles. The Bertz CT molecular complexity index is 1950. The predicted molar refractivity (Wildman–Crippen MR) is 194 cm³/mol. The minimum atomic E-state index is -0.159. The van der Waals surface area contributed by atoms with E-state index >= 15 is 0 Å². The van der Waals surface area contributed by atoms with Gasteiger partial charge < -0.3 is 20.9 Å². The van der Waals surface area contributed by atoms with Crippen molar-refractivity contribution < 1.29 is 4.79 Å². The summed E-state index contributed by atoms with van der Waals surface area (Å²) in [6.07, 6.45) is 11.3. The largest absolute Gasteiger partial charge is 0.350 e. The van der Waals surface area contributed by atoms with E-state index in [9.17, 15) is 4.79 Å². The molecule has 1 amide bonds. The number of aromatic nitrogens is 5. The van der Waals surface area contributed by atoms with Gasteiger partial charge in [-0.3, -0.25) is 9.78 Å². The van der Waals surface area contributed by atoms with Crippen LogP contribution in [0.15, 0.2) is 78.1 Å². The molecule has 0 radical (unpaired) electrons. The van der Waals surface area contributed by atoms with Crippen molar-refractivity contribution in [1.82, 2.24) is 34.8 Å². The second-order valence-corrected chi connectivity index (χ2v) is 13.0. The summed E-state index contributed by atoms with van der Waals surface area (Å²) in [5.41, 5.74) is 5.45. The first-order chi connectivity index (χ1) is 23.2. The Morgan fingerprint density at radius 1 is 1.15 bits per heavy atom. The molecule has 48 heavy (non-hydrogen) atoms. The third kappa shape index (κ3) is 7.75. The zero-order chi connectivity index (χ0) is 33.6. The van der Waals surface area contributed by atoms with Crippen LogP contribution in [-0.2, 0) is 11.3 Å². The first-order valence-electron chi connectivity index (χ1n) is 16.6. The predicted octanol–water partition coefficient (Wildman–Crippen LogP) is 6.22. The summed E-state index contributed by atoms with van der Waals surface area (Å²) in [6.45, 7) is 8.58. The summed E-state index contributed by atoms with van der Waals surface area (Å²) in [6, 6.07) is 16.6. The van der Waals surface area contributed by atoms with Crippen LogP contribution in [0.4, 0.5) is 17.6 Å². The van der Waals surface area contributed by atoms with Crippen LogP contribution in [-0.4, -0.2) is 74.8 Å². The van der Waals surface area contributed by atoms with Gasteiger partial charge in [-0.15, -0.1) is 0 Å². The molecule has 2 atom stereocenters. The highest BCUT2D eigenvalue weighted by Gasteiger charge is 2.18. The molecule has 3 N–H and O–H groups in total. The van der Waals surface area contributed by atoms with Gasteiger partial charge in [-0.1, -0.05) is 50.3 Å². The van der Waals surface area contributed by atoms with Gasteiger partial charge in [0.1, 0.15) is 0 Å². The van der Waals surface area contributed by atoms with Crippen LogP contribution in [0.25, 0.3) is 27.7 Å². The number of nitrogens with zero attached hydrogens (tertiary/aromatic N) is 7. The number of carbonyl (C=O) groups excluding carboxylic acids is 1. The first kappa shape index (κ1) is 32.9. The molecule has 248 valence electrons. The maximum Gasteiger partial charge on any atom is 0.254 e. The molecular formula is C37H44N10O. The molecule has 1 saturated heterocycles. The fourth-order valence-corrected chi connectivity index (χ4v) is 5.89. The quantitative estimate of drug-likeness (QED) is 0.114. The summed E-state index contributed by atoms with van der Waals surface area (Å²) in [4.78, 5) is 33.6. The number of anilines is 2. The summed E-state index contributed by atoms with van der Waals surface area (Å²) in [5, 5.41) is 16.7. The minimum absolute atomic E-state index is 0.159. The van der Waals surface area contributed by atoms with Crippen molar-refractivity contribution in [3.63, 3.8) is 0 Å². The molecule has 4 heterocycles. The van der Waals surface area contributed by atoms with E-state index in [-0.39, 0.29) is 11.8 Å². The monoisotopic (exact) mass is 644 g/mol. The maximum atomic E-state index is 12.4. The Morgan fingerprint density at radius 3 is 2.79 bits per heavy atom. The van der Waals surface area contributed by atoms with E-state index in [2.05, 4.69) is 54.0 Å². The van der Waals surface area contributed by atoms with Crippen molar-refractivity contribution in [1.29, 1.82) is 0 Å². The minimum Gasteiger partial charge on any atom is -0.350 e. The van der Waals surface area contributed by atoms with Gasteiger partial charge in [0.25, 0.3) is 5.95 Å². The number of carbonyl (C=O) groups is 1. The van der Waals surface area contributed by atoms with Crippen LogP contribution >= 0.6 is 0 Å². The highest BCUT2D eigenvalue weighted by molar-refractivity contribution is 6.02. The van der Waals surface area contributed by atoms with Gasteiger partial charge in [-0.05, 0) is 68.9 Å². The number of pyridine rings is 1. The van der Waals surface area contributed by atoms with Crippen LogP contribution in [0.2, 0.25) is 0 Å². The van der Waals surface area contributed by atoms with Gasteiger partial charge in [0.2, 0.25) is 11.9 Å². The van der Waals surface area contributed by atoms with E-state index in [0.29, 0.717) is 36.9 Å². The molecule has 2 aromatic carbocycles. The van der Waals surface area contributed by atoms with Crippen LogP contribution in [0.3, 0.4) is 0 Å². The number of rotatable bonds is 11. The molecular weight excluding hydrogens is 600 g/mol. The highest BCUT2D eigenvalue weighted by atomic mass is 16.1. The summed E-state index contributed by atoms with van der Waals surface area (Å²) < 4.78 is 1.77. The first-order valence-corrected chi connectivity index (χ1v) is 16.6. The smallest absolute Gasteiger partial charge is 0.254 e. The summed E-state index contributed by atoms with van der Waals surface area (Å²) >= 11 is 0. The fraction of sp³-hybridized carbons (Fsp3) is 0.351. The standard InChI is InChI=1S/C37H44N10O/c1-24(2)32-23-42-47-35(32)44-36(40-21-26-13-12-25(3)39-20-26)45-37(47)41-22-28-9-6-7-10-30(28)34-31-15-14-29(19-27(31)16-17-38-34)43-33(48)11-8-18-46(4)5/h6-11,14-17,19,21,23-26,39H,12-13,18,20,22H2,1-5H3,(H,43,48)(H,41,44,45)/b11-8+,40-21+/t25-,26?/m0/s1. The number of likely N-dealkylation sites (N-methyl/N-ethyl adjacent to an activating group) is 1. The summed E-state index contributed by atoms with van der Waals surface area (Å²) in [5.74, 6) is 1.44. The summed E-state index contributed by atoms with van der Waals surface area (Å²) in [7, 11) is 3.93. The van der Waals surface area contributed by atoms with Gasteiger partial charge in [0.05, 0.1) is 11.9 Å². The van der Waals surface area contributed by atoms with Crippen LogP contribution in [0, 0.1) is 5.92 Å². The highest BCUT2D eigenvalue weighted by Crippen LogP contribution is 2.31. The third-order valence-corrected chi connectivity index (χ3v) is 8.59. The zero-order valence-electron chi connectivity index (χ0n) is 28.3. The van der Waals surface area contributed by atoms with Gasteiger partial charge in [0.15, 0.2) is 5.65 Å². The molecule has 0 spiro atoms. The fourth-order valence-electron chi connectivity index (χ4n) is 5.89. The lowest BCUT2D eigenvalue weighted by Gasteiger charge is -2.24. The van der Waals surface area contributed by atoms with E-state index in [1.807, 2.05) is 80.1 Å². The van der Waals surface area contributed by atoms with Crippen molar-refractivity contribution in [2.45, 2.75) is 52.1 Å². The maximum absolute atomic E-state index is 12.4. The number of benzene rings is 2. The normalized spacial score (nSPS) is 17.0. The Morgan fingerprint density at radius 2 is 2.00 bits per heavy atom. The second-order valence-electron chi connectivity index (χ2n) is 13.0. The molecule has 1 aliphatic rings. The van der Waals surface area contributed by atoms with E-state index in [4.69, 9.17) is 19.9 Å². The Labute approximate surface area is 281 Å². The molecule has 0 aliphatic carbocycles. The number of hydrogen-bond acceptors (Lipinski definition) is 9. The molecule has 11 nitrogen and oxygen atoms in total. The van der Waals surface area contributed by atoms with Gasteiger partial charge in [-0.25, -0.2) is 4.99 Å². The van der Waals surface area contributed by atoms with Gasteiger partial charge >= 0.3 is 0 Å². The third-order valence-electron chi connectivity index (χ3n) is 8.59. The lowest BCUT2D eigenvalue weighted by Crippen LogP contribution is -2.37. The Hall–Kier alpha value is -5.00. The van der Waals surface area contributed by atoms with E-state index in [1.54, 1.807) is 10.6 Å². The number of aliphatic imine (C=N–C) groups is 1. The number of hydrogen-bond donors (Lipinski definition) is 3. The van der Waals surface area contributed by atoms with Crippen molar-refractivity contribution in [3.8, 4) is 11.3 Å². The second kappa shape index (κ2) is 14.8. The molecule has 1 unspecified atom stereocenters. The number of piperidine rings is 1. The molecule has 5 aromatic rings. The van der Waals surface area contributed by atoms with E-state index in [1.165, 1.54) is 0 Å². The van der Waals surface area contributed by atoms with Gasteiger partial charge in [-0.2, -0.15) is 19.6 Å². The lowest BCUT2D eigenvalue weighted by molar-refractivity contribution is -0.111. The van der Waals surface area contributed by atoms with Crippen molar-refractivity contribution in [3.05, 3.63) is 84.2 Å². The van der Waals surface area contributed by atoms with Crippen molar-refractivity contribution >= 4 is 46.1 Å². The average Bonchev–Trinajstić information content (AvgIpc) is 3.51. The molecule has 1 fully saturated rings. The molecule has 6 rings (SSSR count). The Kier molecular flexibility index (Phi) is 10.2. The molecule has 0 bridgehead atoms. The van der Waals surface area contributed by atoms with Crippen molar-refractivity contribution in [2.75, 3.05) is 37.8 Å². The molecule has 1 aliphatic heterocycles. The SMILES string of the molecule is CC(C)c1cnn2c(NCc3ccccc3-c3nccc4cc(NC(=O)/C=C/CN(C)C)ccc34)nc(/N=C/C3CC[C@H](C)NC3)nc12. The number of amides is 1. The zero-order valence-corrected chi connectivity index (χ0v) is 28.3. The van der Waals surface area contributed by atoms with Crippen molar-refractivity contribution in [2.24, 2.45) is 10.9 Å². The van der Waals surface area contributed by atoms with E-state index < -0.39 is 0 Å². The van der Waals surface area contributed by atoms with Gasteiger partial charge in [0, 0.05) is 72.3 Å². The topological polar surface area (TPSA) is 125 Å². The average molecular weight is 645 g/mol. The van der Waals surface area contributed by atoms with E-state index in [0.717, 1.165) is 63.9 Å². The molecule has 11 heteroatoms. The van der Waals surface area contributed by atoms with Crippen LogP contribution in [0.5, 0.6) is 0 Å². The lowest BCUT2D eigenvalue weighted by atomic mass is 9.97. The van der Waals surface area contributed by atoms with Crippen LogP contribution < -0.4 is 16.0 Å². The van der Waals surface area contributed by atoms with Crippen LogP contribution in [0.1, 0.15) is 50.7 Å². The Balaban J connectivity index is 1.26.